The lowest BCUT2D eigenvalue weighted by Crippen LogP contribution is -2.53. The highest BCUT2D eigenvalue weighted by atomic mass is 127. The van der Waals surface area contributed by atoms with Gasteiger partial charge in [0.05, 0.1) is 12.7 Å². The Kier molecular flexibility index (Phi) is 12.0. The van der Waals surface area contributed by atoms with Gasteiger partial charge in [0.15, 0.2) is 5.96 Å². The van der Waals surface area contributed by atoms with Crippen LogP contribution in [0, 0.1) is 5.92 Å². The molecule has 0 amide bonds. The number of hydrogen-bond acceptors (Lipinski definition) is 4. The van der Waals surface area contributed by atoms with Crippen molar-refractivity contribution < 1.29 is 14.6 Å². The Hall–Kier alpha value is -0.120. The molecule has 0 radical (unpaired) electrons. The Morgan fingerprint density at radius 2 is 2.04 bits per heavy atom. The molecule has 0 aromatic carbocycles. The highest BCUT2D eigenvalue weighted by Crippen LogP contribution is 2.21. The largest absolute Gasteiger partial charge is 0.396 e. The molecule has 0 aromatic rings. The Morgan fingerprint density at radius 1 is 1.24 bits per heavy atom. The van der Waals surface area contributed by atoms with Crippen molar-refractivity contribution in [2.45, 2.75) is 58.2 Å². The number of ether oxygens (including phenoxy) is 2. The van der Waals surface area contributed by atoms with E-state index in [-0.39, 0.29) is 42.8 Å². The number of nitrogens with zero attached hydrogens (tertiary/aromatic N) is 2. The van der Waals surface area contributed by atoms with Gasteiger partial charge >= 0.3 is 0 Å². The summed E-state index contributed by atoms with van der Waals surface area (Å²) in [5.74, 6) is 1.44. The fraction of sp³-hybridized carbons (Fsp3) is 0.944. The second kappa shape index (κ2) is 13.1. The lowest BCUT2D eigenvalue weighted by Gasteiger charge is -2.37. The summed E-state index contributed by atoms with van der Waals surface area (Å²) in [6.07, 6.45) is 5.70. The van der Waals surface area contributed by atoms with E-state index in [9.17, 15) is 5.11 Å². The number of aliphatic hydroxyl groups excluding tert-OH is 1. The van der Waals surface area contributed by atoms with E-state index in [0.717, 1.165) is 77.5 Å². The van der Waals surface area contributed by atoms with E-state index >= 15 is 0 Å². The third-order valence-corrected chi connectivity index (χ3v) is 4.84. The molecule has 0 spiro atoms. The third-order valence-electron chi connectivity index (χ3n) is 4.84. The first kappa shape index (κ1) is 22.9. The molecule has 3 atom stereocenters. The smallest absolute Gasteiger partial charge is 0.194 e. The van der Waals surface area contributed by atoms with Gasteiger partial charge in [-0.3, -0.25) is 4.99 Å². The second-order valence-electron chi connectivity index (χ2n) is 6.77. The zero-order chi connectivity index (χ0) is 17.2. The molecule has 6 nitrogen and oxygen atoms in total. The summed E-state index contributed by atoms with van der Waals surface area (Å²) in [6, 6.07) is 0. The summed E-state index contributed by atoms with van der Waals surface area (Å²) < 4.78 is 11.7. The summed E-state index contributed by atoms with van der Waals surface area (Å²) in [4.78, 5) is 7.17. The zero-order valence-electron chi connectivity index (χ0n) is 15.8. The lowest BCUT2D eigenvalue weighted by atomic mass is 10.0. The quantitative estimate of drug-likeness (QED) is 0.324. The van der Waals surface area contributed by atoms with Crippen molar-refractivity contribution in [1.29, 1.82) is 0 Å². The first-order valence-electron chi connectivity index (χ1n) is 9.65. The van der Waals surface area contributed by atoms with E-state index in [1.165, 1.54) is 0 Å². The van der Waals surface area contributed by atoms with Gasteiger partial charge < -0.3 is 24.8 Å². The Morgan fingerprint density at radius 3 is 2.68 bits per heavy atom. The van der Waals surface area contributed by atoms with Gasteiger partial charge in [0.1, 0.15) is 6.10 Å². The second-order valence-corrected chi connectivity index (χ2v) is 6.77. The number of guanidine groups is 1. The molecule has 0 aliphatic carbocycles. The van der Waals surface area contributed by atoms with Crippen LogP contribution in [0.25, 0.3) is 0 Å². The van der Waals surface area contributed by atoms with Crippen molar-refractivity contribution in [3.63, 3.8) is 0 Å². The minimum atomic E-state index is 0. The van der Waals surface area contributed by atoms with E-state index in [1.807, 2.05) is 0 Å². The van der Waals surface area contributed by atoms with Crippen LogP contribution in [0.3, 0.4) is 0 Å². The van der Waals surface area contributed by atoms with Crippen molar-refractivity contribution in [3.8, 4) is 0 Å². The Labute approximate surface area is 169 Å². The van der Waals surface area contributed by atoms with Crippen LogP contribution in [0.5, 0.6) is 0 Å². The van der Waals surface area contributed by atoms with Crippen LogP contribution < -0.4 is 5.32 Å². The van der Waals surface area contributed by atoms with Gasteiger partial charge in [0, 0.05) is 39.4 Å². The van der Waals surface area contributed by atoms with Crippen LogP contribution in [0.15, 0.2) is 4.99 Å². The standard InChI is InChI=1S/C18H35N3O3.HI/c1-3-6-15(8-10-22)13-20-18(19-4-2)21-9-12-24-17(14-21)16-7-5-11-23-16;/h15-17,22H,3-14H2,1-2H3,(H,19,20);1H. The van der Waals surface area contributed by atoms with Gasteiger partial charge in [0.25, 0.3) is 0 Å². The number of aliphatic hydroxyl groups is 1. The van der Waals surface area contributed by atoms with Crippen LogP contribution in [0.2, 0.25) is 0 Å². The summed E-state index contributed by atoms with van der Waals surface area (Å²) in [6.45, 7) is 9.47. The highest BCUT2D eigenvalue weighted by Gasteiger charge is 2.32. The fourth-order valence-electron chi connectivity index (χ4n) is 3.55. The molecule has 7 heteroatoms. The molecule has 2 fully saturated rings. The molecule has 2 N–H and O–H groups in total. The number of hydrogen-bond donors (Lipinski definition) is 2. The van der Waals surface area contributed by atoms with Gasteiger partial charge in [-0.2, -0.15) is 0 Å². The van der Waals surface area contributed by atoms with Crippen molar-refractivity contribution >= 4 is 29.9 Å². The Balaban J connectivity index is 0.00000312. The van der Waals surface area contributed by atoms with E-state index in [1.54, 1.807) is 0 Å². The van der Waals surface area contributed by atoms with Gasteiger partial charge in [0.2, 0.25) is 0 Å². The topological polar surface area (TPSA) is 66.3 Å². The van der Waals surface area contributed by atoms with Crippen molar-refractivity contribution in [2.24, 2.45) is 10.9 Å². The van der Waals surface area contributed by atoms with Crippen molar-refractivity contribution in [2.75, 3.05) is 46.0 Å². The monoisotopic (exact) mass is 469 g/mol. The van der Waals surface area contributed by atoms with Crippen LogP contribution >= 0.6 is 24.0 Å². The molecule has 0 saturated carbocycles. The average Bonchev–Trinajstić information content (AvgIpc) is 3.13. The molecule has 0 bridgehead atoms. The minimum absolute atomic E-state index is 0. The normalized spacial score (nSPS) is 25.6. The molecule has 2 heterocycles. The number of aliphatic imine (C=N–C) groups is 1. The number of nitrogens with one attached hydrogen (secondary N) is 1. The Bertz CT molecular complexity index is 373. The predicted octanol–water partition coefficient (Wildman–Crippen LogP) is 2.25. The maximum absolute atomic E-state index is 9.23. The summed E-state index contributed by atoms with van der Waals surface area (Å²) >= 11 is 0. The highest BCUT2D eigenvalue weighted by molar-refractivity contribution is 14.0. The molecule has 0 aromatic heterocycles. The first-order valence-corrected chi connectivity index (χ1v) is 9.65. The molecular formula is C18H36IN3O3. The van der Waals surface area contributed by atoms with Crippen LogP contribution in [-0.4, -0.2) is 74.2 Å². The summed E-state index contributed by atoms with van der Waals surface area (Å²) in [5.41, 5.74) is 0. The SMILES string of the molecule is CCCC(CCO)CN=C(NCC)N1CCOC(C2CCCO2)C1.I. The maximum atomic E-state index is 9.23. The molecule has 2 aliphatic rings. The zero-order valence-corrected chi connectivity index (χ0v) is 18.1. The first-order chi connectivity index (χ1) is 11.8. The fourth-order valence-corrected chi connectivity index (χ4v) is 3.55. The molecule has 2 aliphatic heterocycles. The molecular weight excluding hydrogens is 433 g/mol. The molecule has 2 rings (SSSR count). The summed E-state index contributed by atoms with van der Waals surface area (Å²) in [7, 11) is 0. The number of halogens is 1. The average molecular weight is 469 g/mol. The minimum Gasteiger partial charge on any atom is -0.396 e. The van der Waals surface area contributed by atoms with Crippen molar-refractivity contribution in [3.05, 3.63) is 0 Å². The van der Waals surface area contributed by atoms with E-state index in [2.05, 4.69) is 24.1 Å². The molecule has 3 unspecified atom stereocenters. The predicted molar refractivity (Wildman–Crippen MR) is 112 cm³/mol. The van der Waals surface area contributed by atoms with Gasteiger partial charge in [-0.05, 0) is 38.5 Å². The van der Waals surface area contributed by atoms with Crippen molar-refractivity contribution in [1.82, 2.24) is 10.2 Å². The third kappa shape index (κ3) is 7.56. The van der Waals surface area contributed by atoms with Crippen LogP contribution in [0.4, 0.5) is 0 Å². The van der Waals surface area contributed by atoms with Crippen LogP contribution in [0.1, 0.15) is 46.0 Å². The summed E-state index contributed by atoms with van der Waals surface area (Å²) in [5, 5.41) is 12.7. The number of morpholine rings is 1. The number of rotatable bonds is 8. The van der Waals surface area contributed by atoms with E-state index in [0.29, 0.717) is 5.92 Å². The lowest BCUT2D eigenvalue weighted by molar-refractivity contribution is -0.0817. The van der Waals surface area contributed by atoms with E-state index in [4.69, 9.17) is 14.5 Å². The molecule has 2 saturated heterocycles. The molecule has 25 heavy (non-hydrogen) atoms. The van der Waals surface area contributed by atoms with Gasteiger partial charge in [-0.25, -0.2) is 0 Å². The van der Waals surface area contributed by atoms with E-state index < -0.39 is 0 Å². The van der Waals surface area contributed by atoms with Gasteiger partial charge in [-0.15, -0.1) is 24.0 Å². The maximum Gasteiger partial charge on any atom is 0.194 e. The van der Waals surface area contributed by atoms with Gasteiger partial charge in [-0.1, -0.05) is 13.3 Å². The van der Waals surface area contributed by atoms with Crippen LogP contribution in [-0.2, 0) is 9.47 Å². The molecule has 148 valence electrons.